The zero-order valence-electron chi connectivity index (χ0n) is 10.5. The van der Waals surface area contributed by atoms with Gasteiger partial charge >= 0.3 is 0 Å². The van der Waals surface area contributed by atoms with Gasteiger partial charge in [0, 0.05) is 28.6 Å². The van der Waals surface area contributed by atoms with Gasteiger partial charge in [0.05, 0.1) is 11.6 Å². The molecular formula is C11H12BrCl2NO4S. The first-order valence-corrected chi connectivity index (χ1v) is 9.01. The summed E-state index contributed by atoms with van der Waals surface area (Å²) < 4.78 is 28.8. The van der Waals surface area contributed by atoms with Crippen molar-refractivity contribution in [3.63, 3.8) is 0 Å². The fourth-order valence-electron chi connectivity index (χ4n) is 1.39. The zero-order valence-corrected chi connectivity index (χ0v) is 14.4. The predicted octanol–water partition coefficient (Wildman–Crippen LogP) is 2.94. The van der Waals surface area contributed by atoms with Gasteiger partial charge in [-0.15, -0.1) is 0 Å². The number of hydrogen-bond acceptors (Lipinski definition) is 4. The van der Waals surface area contributed by atoms with Gasteiger partial charge in [-0.25, -0.2) is 8.42 Å². The molecule has 0 radical (unpaired) electrons. The van der Waals surface area contributed by atoms with Gasteiger partial charge in [-0.1, -0.05) is 27.5 Å². The van der Waals surface area contributed by atoms with Crippen LogP contribution in [0, 0.1) is 0 Å². The van der Waals surface area contributed by atoms with Crippen molar-refractivity contribution in [2.24, 2.45) is 0 Å². The van der Waals surface area contributed by atoms with Crippen molar-refractivity contribution in [2.45, 2.75) is 17.7 Å². The molecule has 0 heterocycles. The van der Waals surface area contributed by atoms with Crippen molar-refractivity contribution in [1.29, 1.82) is 0 Å². The summed E-state index contributed by atoms with van der Waals surface area (Å²) in [6.45, 7) is 0.147. The average Bonchev–Trinajstić information content (AvgIpc) is 2.34. The van der Waals surface area contributed by atoms with Crippen LogP contribution in [0.1, 0.15) is 12.8 Å². The molecule has 0 atom stereocenters. The van der Waals surface area contributed by atoms with E-state index in [1.54, 1.807) is 0 Å². The monoisotopic (exact) mass is 403 g/mol. The Bertz CT molecular complexity index is 607. The molecule has 112 valence electrons. The van der Waals surface area contributed by atoms with Crippen LogP contribution in [-0.2, 0) is 13.8 Å². The minimum Gasteiger partial charge on any atom is -0.491 e. The Hall–Kier alpha value is -0.500. The smallest absolute Gasteiger partial charge is 0.265 e. The number of rotatable bonds is 6. The van der Waals surface area contributed by atoms with E-state index in [1.807, 2.05) is 0 Å². The third kappa shape index (κ3) is 5.12. The molecule has 1 aromatic carbocycles. The van der Waals surface area contributed by atoms with Crippen molar-refractivity contribution in [3.8, 4) is 5.75 Å². The number of nitrogens with one attached hydrogen (secondary N) is 1. The summed E-state index contributed by atoms with van der Waals surface area (Å²) in [6, 6.07) is 2.81. The van der Waals surface area contributed by atoms with E-state index in [1.165, 1.54) is 19.2 Å². The molecule has 0 aromatic heterocycles. The number of halogens is 3. The Kier molecular flexibility index (Phi) is 6.57. The Morgan fingerprint density at radius 1 is 1.45 bits per heavy atom. The maximum Gasteiger partial charge on any atom is 0.265 e. The summed E-state index contributed by atoms with van der Waals surface area (Å²) in [6.07, 6.45) is 0.696. The van der Waals surface area contributed by atoms with Crippen molar-refractivity contribution >= 4 is 53.2 Å². The first-order valence-electron chi connectivity index (χ1n) is 5.52. The van der Waals surface area contributed by atoms with Crippen molar-refractivity contribution in [1.82, 2.24) is 5.32 Å². The average molecular weight is 405 g/mol. The summed E-state index contributed by atoms with van der Waals surface area (Å²) in [5, 5.41) is 2.60. The van der Waals surface area contributed by atoms with Crippen molar-refractivity contribution < 1.29 is 17.9 Å². The highest BCUT2D eigenvalue weighted by atomic mass is 79.9. The van der Waals surface area contributed by atoms with Crippen LogP contribution in [0.3, 0.4) is 0 Å². The van der Waals surface area contributed by atoms with Gasteiger partial charge in [0.2, 0.25) is 5.91 Å². The Labute approximate surface area is 135 Å². The van der Waals surface area contributed by atoms with Crippen LogP contribution in [0.15, 0.2) is 21.5 Å². The molecule has 1 amide bonds. The lowest BCUT2D eigenvalue weighted by atomic mass is 10.3. The van der Waals surface area contributed by atoms with Gasteiger partial charge in [0.25, 0.3) is 9.05 Å². The number of ether oxygens (including phenoxy) is 1. The molecule has 0 spiro atoms. The summed E-state index contributed by atoms with van der Waals surface area (Å²) in [5.74, 6) is -0.137. The van der Waals surface area contributed by atoms with Crippen LogP contribution in [0.5, 0.6) is 5.75 Å². The van der Waals surface area contributed by atoms with Gasteiger partial charge in [-0.05, 0) is 18.6 Å². The van der Waals surface area contributed by atoms with Crippen molar-refractivity contribution in [3.05, 3.63) is 21.6 Å². The number of carbonyl (C=O) groups excluding carboxylic acids is 1. The molecule has 0 unspecified atom stereocenters. The van der Waals surface area contributed by atoms with Crippen LogP contribution >= 0.6 is 38.2 Å². The fourth-order valence-corrected chi connectivity index (χ4v) is 3.46. The highest BCUT2D eigenvalue weighted by Crippen LogP contribution is 2.37. The van der Waals surface area contributed by atoms with Crippen LogP contribution in [0.2, 0.25) is 5.02 Å². The lowest BCUT2D eigenvalue weighted by Gasteiger charge is -2.12. The van der Waals surface area contributed by atoms with E-state index >= 15 is 0 Å². The molecule has 20 heavy (non-hydrogen) atoms. The lowest BCUT2D eigenvalue weighted by molar-refractivity contribution is -0.120. The lowest BCUT2D eigenvalue weighted by Crippen LogP contribution is -2.18. The number of hydrogen-bond donors (Lipinski definition) is 1. The molecule has 1 aromatic rings. The standard InChI is InChI=1S/C11H12BrCl2NO4S/c1-15-10(16)3-2-4-19-11-8(13)5-7(12)6-9(11)20(14,17)18/h5-6H,2-4H2,1H3,(H,15,16). The summed E-state index contributed by atoms with van der Waals surface area (Å²) >= 11 is 9.09. The van der Waals surface area contributed by atoms with Gasteiger partial charge in [0.1, 0.15) is 4.90 Å². The molecular weight excluding hydrogens is 393 g/mol. The molecule has 0 aliphatic heterocycles. The maximum absolute atomic E-state index is 11.5. The molecule has 0 saturated carbocycles. The minimum absolute atomic E-state index is 0.0122. The van der Waals surface area contributed by atoms with E-state index in [-0.39, 0.29) is 34.6 Å². The van der Waals surface area contributed by atoms with E-state index < -0.39 is 9.05 Å². The minimum atomic E-state index is -3.98. The quantitative estimate of drug-likeness (QED) is 0.584. The van der Waals surface area contributed by atoms with Crippen molar-refractivity contribution in [2.75, 3.05) is 13.7 Å². The second-order valence-corrected chi connectivity index (χ2v) is 7.64. The van der Waals surface area contributed by atoms with Crippen LogP contribution in [0.25, 0.3) is 0 Å². The highest BCUT2D eigenvalue weighted by Gasteiger charge is 2.21. The highest BCUT2D eigenvalue weighted by molar-refractivity contribution is 9.10. The third-order valence-corrected chi connectivity index (χ3v) is 4.38. The predicted molar refractivity (Wildman–Crippen MR) is 81.0 cm³/mol. The van der Waals surface area contributed by atoms with Gasteiger partial charge < -0.3 is 10.1 Å². The molecule has 1 rings (SSSR count). The molecule has 1 N–H and O–H groups in total. The SMILES string of the molecule is CNC(=O)CCCOc1c(Cl)cc(Br)cc1S(=O)(=O)Cl. The molecule has 9 heteroatoms. The summed E-state index contributed by atoms with van der Waals surface area (Å²) in [4.78, 5) is 10.8. The number of amides is 1. The largest absolute Gasteiger partial charge is 0.491 e. The molecule has 0 bridgehead atoms. The first kappa shape index (κ1) is 17.6. The molecule has 0 aliphatic rings. The molecule has 5 nitrogen and oxygen atoms in total. The van der Waals surface area contributed by atoms with E-state index in [0.29, 0.717) is 10.9 Å². The summed E-state index contributed by atoms with van der Waals surface area (Å²) in [5.41, 5.74) is 0. The van der Waals surface area contributed by atoms with Crippen LogP contribution in [-0.4, -0.2) is 28.0 Å². The van der Waals surface area contributed by atoms with E-state index in [9.17, 15) is 13.2 Å². The third-order valence-electron chi connectivity index (χ3n) is 2.31. The maximum atomic E-state index is 11.5. The van der Waals surface area contributed by atoms with Gasteiger partial charge in [0.15, 0.2) is 5.75 Å². The molecule has 0 aliphatic carbocycles. The second-order valence-electron chi connectivity index (χ2n) is 3.78. The Balaban J connectivity index is 2.87. The molecule has 0 saturated heterocycles. The summed E-state index contributed by atoms with van der Waals surface area (Å²) in [7, 11) is 2.89. The Morgan fingerprint density at radius 3 is 2.65 bits per heavy atom. The second kappa shape index (κ2) is 7.49. The fraction of sp³-hybridized carbons (Fsp3) is 0.364. The topological polar surface area (TPSA) is 72.5 Å². The zero-order chi connectivity index (χ0) is 15.3. The molecule has 0 fully saturated rings. The van der Waals surface area contributed by atoms with E-state index in [4.69, 9.17) is 27.0 Å². The van der Waals surface area contributed by atoms with E-state index in [2.05, 4.69) is 21.2 Å². The normalized spacial score (nSPS) is 11.2. The van der Waals surface area contributed by atoms with Gasteiger partial charge in [-0.3, -0.25) is 4.79 Å². The van der Waals surface area contributed by atoms with Crippen LogP contribution < -0.4 is 10.1 Å². The number of carbonyl (C=O) groups is 1. The number of benzene rings is 1. The first-order chi connectivity index (χ1) is 9.25. The van der Waals surface area contributed by atoms with E-state index in [0.717, 1.165) is 0 Å². The van der Waals surface area contributed by atoms with Gasteiger partial charge in [-0.2, -0.15) is 0 Å². The Morgan fingerprint density at radius 2 is 2.10 bits per heavy atom. The van der Waals surface area contributed by atoms with Crippen LogP contribution in [0.4, 0.5) is 0 Å².